The predicted molar refractivity (Wildman–Crippen MR) is 88.8 cm³/mol. The van der Waals surface area contributed by atoms with E-state index >= 15 is 0 Å². The van der Waals surface area contributed by atoms with E-state index in [1.807, 2.05) is 0 Å². The van der Waals surface area contributed by atoms with Gasteiger partial charge in [0.1, 0.15) is 0 Å². The topological polar surface area (TPSA) is 33.5 Å². The van der Waals surface area contributed by atoms with Crippen molar-refractivity contribution in [2.75, 3.05) is 19.6 Å². The van der Waals surface area contributed by atoms with Crippen LogP contribution >= 0.6 is 0 Å². The zero-order chi connectivity index (χ0) is 15.5. The van der Waals surface area contributed by atoms with Crippen molar-refractivity contribution in [2.24, 2.45) is 11.8 Å². The Labute approximate surface area is 134 Å². The molecule has 1 fully saturated rings. The number of carbonyl (C=O) groups excluding carboxylic acids is 1. The largest absolute Gasteiger partial charge is 0.344 e. The highest BCUT2D eigenvalue weighted by molar-refractivity contribution is 5.77. The number of aryl methyl sites for hydroxylation is 1. The lowest BCUT2D eigenvalue weighted by molar-refractivity contribution is -0.904. The molecule has 0 aromatic heterocycles. The molecule has 2 N–H and O–H groups in total. The van der Waals surface area contributed by atoms with E-state index in [9.17, 15) is 4.79 Å². The van der Waals surface area contributed by atoms with Gasteiger partial charge in [-0.3, -0.25) is 4.79 Å². The van der Waals surface area contributed by atoms with Crippen LogP contribution in [0.2, 0.25) is 0 Å². The van der Waals surface area contributed by atoms with Crippen molar-refractivity contribution >= 4 is 5.91 Å². The van der Waals surface area contributed by atoms with Crippen LogP contribution in [-0.4, -0.2) is 25.5 Å². The minimum absolute atomic E-state index is 0.219. The summed E-state index contributed by atoms with van der Waals surface area (Å²) in [4.78, 5) is 13.9. The van der Waals surface area contributed by atoms with Gasteiger partial charge < -0.3 is 10.2 Å². The van der Waals surface area contributed by atoms with Crippen LogP contribution in [0.5, 0.6) is 0 Å². The molecular formula is C19H29N2O+. The van der Waals surface area contributed by atoms with Crippen molar-refractivity contribution in [3.8, 4) is 0 Å². The Balaban J connectivity index is 1.58. The minimum Gasteiger partial charge on any atom is -0.344 e. The van der Waals surface area contributed by atoms with E-state index in [0.29, 0.717) is 6.54 Å². The number of piperidine rings is 1. The van der Waals surface area contributed by atoms with Gasteiger partial charge in [-0.05, 0) is 36.8 Å². The van der Waals surface area contributed by atoms with Crippen LogP contribution in [0.3, 0.4) is 0 Å². The fourth-order valence-corrected chi connectivity index (χ4v) is 4.44. The Morgan fingerprint density at radius 3 is 2.73 bits per heavy atom. The first-order chi connectivity index (χ1) is 10.6. The van der Waals surface area contributed by atoms with Gasteiger partial charge in [0.2, 0.25) is 0 Å². The Kier molecular flexibility index (Phi) is 4.82. The third-order valence-electron chi connectivity index (χ3n) is 5.19. The molecule has 22 heavy (non-hydrogen) atoms. The van der Waals surface area contributed by atoms with Gasteiger partial charge in [-0.25, -0.2) is 0 Å². The number of rotatable bonds is 3. The Hall–Kier alpha value is -1.35. The minimum atomic E-state index is 0.219. The van der Waals surface area contributed by atoms with E-state index in [2.05, 4.69) is 43.4 Å². The summed E-state index contributed by atoms with van der Waals surface area (Å²) in [5, 5.41) is 3.29. The zero-order valence-electron chi connectivity index (χ0n) is 13.9. The number of carbonyl (C=O) groups is 1. The Morgan fingerprint density at radius 1 is 1.23 bits per heavy atom. The van der Waals surface area contributed by atoms with Gasteiger partial charge in [0.05, 0.1) is 19.1 Å². The maximum Gasteiger partial charge on any atom is 0.275 e. The van der Waals surface area contributed by atoms with Gasteiger partial charge in [0.25, 0.3) is 5.91 Å². The quantitative estimate of drug-likeness (QED) is 0.876. The smallest absolute Gasteiger partial charge is 0.275 e. The highest BCUT2D eigenvalue weighted by Gasteiger charge is 2.28. The average Bonchev–Trinajstić information content (AvgIpc) is 2.46. The third-order valence-corrected chi connectivity index (χ3v) is 5.19. The molecule has 1 aliphatic heterocycles. The Bertz CT molecular complexity index is 518. The van der Waals surface area contributed by atoms with Gasteiger partial charge in [-0.2, -0.15) is 0 Å². The lowest BCUT2D eigenvalue weighted by atomic mass is 9.87. The molecule has 1 amide bonds. The third kappa shape index (κ3) is 3.70. The van der Waals surface area contributed by atoms with Crippen LogP contribution in [0, 0.1) is 11.8 Å². The van der Waals surface area contributed by atoms with E-state index in [1.165, 1.54) is 28.9 Å². The van der Waals surface area contributed by atoms with E-state index < -0.39 is 0 Å². The molecule has 3 heteroatoms. The van der Waals surface area contributed by atoms with Crippen LogP contribution in [0.1, 0.15) is 50.3 Å². The number of amides is 1. The maximum atomic E-state index is 12.5. The van der Waals surface area contributed by atoms with Crippen molar-refractivity contribution < 1.29 is 9.69 Å². The van der Waals surface area contributed by atoms with Gasteiger partial charge in [0.15, 0.2) is 6.54 Å². The fraction of sp³-hybridized carbons (Fsp3) is 0.632. The van der Waals surface area contributed by atoms with E-state index in [1.54, 1.807) is 0 Å². The normalized spacial score (nSPS) is 31.4. The summed E-state index contributed by atoms with van der Waals surface area (Å²) in [7, 11) is 0. The summed E-state index contributed by atoms with van der Waals surface area (Å²) < 4.78 is 0. The van der Waals surface area contributed by atoms with Crippen LogP contribution in [0.4, 0.5) is 0 Å². The summed E-state index contributed by atoms with van der Waals surface area (Å²) in [5.74, 6) is 1.70. The van der Waals surface area contributed by atoms with Crippen LogP contribution in [0.15, 0.2) is 24.3 Å². The van der Waals surface area contributed by atoms with Gasteiger partial charge in [-0.1, -0.05) is 38.1 Å². The fourth-order valence-electron chi connectivity index (χ4n) is 4.44. The molecule has 3 nitrogen and oxygen atoms in total. The molecule has 1 heterocycles. The molecular weight excluding hydrogens is 272 g/mol. The number of nitrogens with one attached hydrogen (secondary N) is 2. The van der Waals surface area contributed by atoms with Crippen molar-refractivity contribution in [3.63, 3.8) is 0 Å². The highest BCUT2D eigenvalue weighted by atomic mass is 16.2. The summed E-state index contributed by atoms with van der Waals surface area (Å²) in [6.07, 6.45) is 4.70. The number of benzene rings is 1. The Morgan fingerprint density at radius 2 is 1.95 bits per heavy atom. The first-order valence-electron chi connectivity index (χ1n) is 8.82. The van der Waals surface area contributed by atoms with Crippen LogP contribution < -0.4 is 10.2 Å². The number of fused-ring (bicyclic) bond motifs is 1. The highest BCUT2D eigenvalue weighted by Crippen LogP contribution is 2.29. The van der Waals surface area contributed by atoms with Crippen molar-refractivity contribution in [1.29, 1.82) is 0 Å². The molecule has 1 aromatic carbocycles. The zero-order valence-corrected chi connectivity index (χ0v) is 13.9. The van der Waals surface area contributed by atoms with E-state index in [-0.39, 0.29) is 11.9 Å². The van der Waals surface area contributed by atoms with Crippen LogP contribution in [0.25, 0.3) is 0 Å². The molecule has 1 aromatic rings. The van der Waals surface area contributed by atoms with Crippen molar-refractivity contribution in [1.82, 2.24) is 5.32 Å². The van der Waals surface area contributed by atoms with Crippen LogP contribution in [-0.2, 0) is 11.2 Å². The number of likely N-dealkylation sites (tertiary alicyclic amines) is 1. The summed E-state index contributed by atoms with van der Waals surface area (Å²) in [6.45, 7) is 7.53. The van der Waals surface area contributed by atoms with Gasteiger partial charge in [-0.15, -0.1) is 0 Å². The molecule has 0 spiro atoms. The molecule has 0 saturated carbocycles. The number of hydrogen-bond donors (Lipinski definition) is 2. The first-order valence-corrected chi connectivity index (χ1v) is 8.82. The monoisotopic (exact) mass is 301 g/mol. The van der Waals surface area contributed by atoms with Crippen molar-refractivity contribution in [2.45, 2.75) is 45.6 Å². The van der Waals surface area contributed by atoms with Gasteiger partial charge in [0, 0.05) is 11.8 Å². The standard InChI is InChI=1S/C19H28N2O/c1-14-10-15(2)12-21(11-14)13-19(22)20-18-9-5-7-16-6-3-4-8-17(16)18/h3-4,6,8,14-15,18H,5,7,9-13H2,1-2H3,(H,20,22)/p+1/t14-,15-,18-/m1/s1. The first kappa shape index (κ1) is 15.5. The predicted octanol–water partition coefficient (Wildman–Crippen LogP) is 1.74. The molecule has 1 aliphatic carbocycles. The summed E-state index contributed by atoms with van der Waals surface area (Å²) >= 11 is 0. The molecule has 0 bridgehead atoms. The molecule has 0 unspecified atom stereocenters. The lowest BCUT2D eigenvalue weighted by Gasteiger charge is -2.32. The lowest BCUT2D eigenvalue weighted by Crippen LogP contribution is -3.15. The molecule has 120 valence electrons. The van der Waals surface area contributed by atoms with Gasteiger partial charge >= 0.3 is 0 Å². The maximum absolute atomic E-state index is 12.5. The number of hydrogen-bond acceptors (Lipinski definition) is 1. The van der Waals surface area contributed by atoms with E-state index in [0.717, 1.165) is 37.8 Å². The molecule has 3 atom stereocenters. The molecule has 3 rings (SSSR count). The summed E-state index contributed by atoms with van der Waals surface area (Å²) in [5.41, 5.74) is 2.74. The van der Waals surface area contributed by atoms with E-state index in [4.69, 9.17) is 0 Å². The number of quaternary nitrogens is 1. The molecule has 1 saturated heterocycles. The molecule has 2 aliphatic rings. The second-order valence-electron chi connectivity index (χ2n) is 7.49. The summed E-state index contributed by atoms with van der Waals surface area (Å²) in [6, 6.07) is 8.78. The average molecular weight is 301 g/mol. The second-order valence-corrected chi connectivity index (χ2v) is 7.49. The second kappa shape index (κ2) is 6.82. The molecule has 0 radical (unpaired) electrons. The SMILES string of the molecule is C[C@@H]1C[C@@H](C)C[NH+](CC(=O)N[C@@H]2CCCc3ccccc32)C1. The van der Waals surface area contributed by atoms with Crippen molar-refractivity contribution in [3.05, 3.63) is 35.4 Å².